The van der Waals surface area contributed by atoms with Gasteiger partial charge in [0, 0.05) is 10.8 Å². The van der Waals surface area contributed by atoms with Crippen molar-refractivity contribution in [3.8, 4) is 0 Å². The van der Waals surface area contributed by atoms with Gasteiger partial charge in [0.05, 0.1) is 6.42 Å². The van der Waals surface area contributed by atoms with Crippen molar-refractivity contribution in [1.82, 2.24) is 0 Å². The van der Waals surface area contributed by atoms with E-state index in [-0.39, 0.29) is 18.9 Å². The average Bonchev–Trinajstić information content (AvgIpc) is 2.01. The largest absolute Gasteiger partial charge is 0.481 e. The molecule has 0 amide bonds. The third-order valence-electron chi connectivity index (χ3n) is 2.30. The molecule has 0 heterocycles. The Morgan fingerprint density at radius 2 is 2.14 bits per heavy atom. The van der Waals surface area contributed by atoms with Gasteiger partial charge in [0.1, 0.15) is 0 Å². The van der Waals surface area contributed by atoms with E-state index in [9.17, 15) is 14.9 Å². The van der Waals surface area contributed by atoms with Crippen molar-refractivity contribution in [2.75, 3.05) is 6.54 Å². The van der Waals surface area contributed by atoms with Crippen LogP contribution in [0.2, 0.25) is 0 Å². The summed E-state index contributed by atoms with van der Waals surface area (Å²) in [6, 6.07) is 0. The first kappa shape index (κ1) is 12.9. The lowest BCUT2D eigenvalue weighted by molar-refractivity contribution is -0.488. The van der Waals surface area contributed by atoms with E-state index >= 15 is 0 Å². The van der Waals surface area contributed by atoms with Crippen LogP contribution in [0, 0.1) is 22.0 Å². The molecule has 0 saturated heterocycles. The average molecular weight is 203 g/mol. The van der Waals surface area contributed by atoms with E-state index in [4.69, 9.17) is 5.11 Å². The fourth-order valence-corrected chi connectivity index (χ4v) is 1.42. The lowest BCUT2D eigenvalue weighted by Gasteiger charge is -2.14. The molecule has 2 atom stereocenters. The third-order valence-corrected chi connectivity index (χ3v) is 2.30. The van der Waals surface area contributed by atoms with Crippen molar-refractivity contribution in [1.29, 1.82) is 0 Å². The highest BCUT2D eigenvalue weighted by Gasteiger charge is 2.20. The number of rotatable bonds is 7. The molecule has 0 aliphatic rings. The van der Waals surface area contributed by atoms with Crippen LogP contribution in [0.3, 0.4) is 0 Å². The van der Waals surface area contributed by atoms with Crippen LogP contribution in [0.25, 0.3) is 0 Å². The van der Waals surface area contributed by atoms with Crippen LogP contribution in [0.1, 0.15) is 33.1 Å². The number of carboxylic acids is 1. The Morgan fingerprint density at radius 1 is 1.57 bits per heavy atom. The van der Waals surface area contributed by atoms with E-state index in [1.165, 1.54) is 0 Å². The smallest absolute Gasteiger partial charge is 0.303 e. The Bertz CT molecular complexity index is 189. The lowest BCUT2D eigenvalue weighted by Crippen LogP contribution is -2.20. The van der Waals surface area contributed by atoms with Crippen LogP contribution in [0.4, 0.5) is 0 Å². The van der Waals surface area contributed by atoms with Crippen LogP contribution in [0.5, 0.6) is 0 Å². The first-order valence-corrected chi connectivity index (χ1v) is 4.79. The number of hydrogen-bond acceptors (Lipinski definition) is 3. The van der Waals surface area contributed by atoms with Crippen molar-refractivity contribution in [2.24, 2.45) is 11.8 Å². The summed E-state index contributed by atoms with van der Waals surface area (Å²) in [5.41, 5.74) is 0. The summed E-state index contributed by atoms with van der Waals surface area (Å²) in [7, 11) is 0. The molecule has 82 valence electrons. The van der Waals surface area contributed by atoms with Gasteiger partial charge < -0.3 is 5.11 Å². The molecule has 0 radical (unpaired) electrons. The van der Waals surface area contributed by atoms with Crippen molar-refractivity contribution in [2.45, 2.75) is 33.1 Å². The summed E-state index contributed by atoms with van der Waals surface area (Å²) in [6.07, 6.45) is 1.43. The summed E-state index contributed by atoms with van der Waals surface area (Å²) in [5.74, 6) is -0.947. The molecule has 0 spiro atoms. The molecule has 0 aromatic carbocycles. The van der Waals surface area contributed by atoms with Gasteiger partial charge in [-0.05, 0) is 12.3 Å². The number of carboxylic acid groups (broad SMARTS) is 1. The van der Waals surface area contributed by atoms with Crippen molar-refractivity contribution in [3.05, 3.63) is 10.1 Å². The molecule has 0 fully saturated rings. The number of nitrogens with zero attached hydrogens (tertiary/aromatic N) is 1. The highest BCUT2D eigenvalue weighted by Crippen LogP contribution is 2.18. The maximum absolute atomic E-state index is 10.4. The summed E-state index contributed by atoms with van der Waals surface area (Å²) in [5, 5.41) is 18.8. The topological polar surface area (TPSA) is 80.4 Å². The first-order valence-electron chi connectivity index (χ1n) is 4.79. The van der Waals surface area contributed by atoms with Gasteiger partial charge in [-0.15, -0.1) is 0 Å². The minimum atomic E-state index is -0.958. The zero-order chi connectivity index (χ0) is 11.1. The van der Waals surface area contributed by atoms with Crippen molar-refractivity contribution < 1.29 is 14.8 Å². The Kier molecular flexibility index (Phi) is 5.83. The predicted octanol–water partition coefficient (Wildman–Crippen LogP) is 1.79. The molecule has 5 heteroatoms. The van der Waals surface area contributed by atoms with E-state index in [0.717, 1.165) is 6.42 Å². The molecule has 14 heavy (non-hydrogen) atoms. The Labute approximate surface area is 83.3 Å². The Morgan fingerprint density at radius 3 is 2.50 bits per heavy atom. The lowest BCUT2D eigenvalue weighted by atomic mass is 9.92. The summed E-state index contributed by atoms with van der Waals surface area (Å²) in [6.45, 7) is 3.74. The molecular formula is C9H17NO4. The monoisotopic (exact) mass is 203 g/mol. The van der Waals surface area contributed by atoms with Crippen LogP contribution < -0.4 is 0 Å². The maximum Gasteiger partial charge on any atom is 0.303 e. The maximum atomic E-state index is 10.4. The standard InChI is InChI=1S/C9H17NO4/c1-3-7(2)4-8(5-9(11)12)6-10(13)14/h7-8H,3-6H2,1-2H3,(H,11,12). The zero-order valence-electron chi connectivity index (χ0n) is 8.60. The fourth-order valence-electron chi connectivity index (χ4n) is 1.42. The molecule has 0 aliphatic heterocycles. The number of aliphatic carboxylic acids is 1. The summed E-state index contributed by atoms with van der Waals surface area (Å²) in [4.78, 5) is 20.3. The molecule has 0 saturated carbocycles. The molecule has 0 aromatic heterocycles. The first-order chi connectivity index (χ1) is 6.45. The molecule has 0 aliphatic carbocycles. The molecule has 5 nitrogen and oxygen atoms in total. The molecule has 1 N–H and O–H groups in total. The van der Waals surface area contributed by atoms with Gasteiger partial charge in [-0.25, -0.2) is 0 Å². The minimum absolute atomic E-state index is 0.106. The zero-order valence-corrected chi connectivity index (χ0v) is 8.60. The molecule has 0 rings (SSSR count). The minimum Gasteiger partial charge on any atom is -0.481 e. The van der Waals surface area contributed by atoms with Gasteiger partial charge in [0.25, 0.3) is 0 Å². The van der Waals surface area contributed by atoms with Crippen LogP contribution in [0.15, 0.2) is 0 Å². The Hall–Kier alpha value is -1.13. The normalized spacial score (nSPS) is 14.7. The fraction of sp³-hybridized carbons (Fsp3) is 0.889. The Balaban J connectivity index is 4.09. The van der Waals surface area contributed by atoms with E-state index in [1.807, 2.05) is 13.8 Å². The molecular weight excluding hydrogens is 186 g/mol. The SMILES string of the molecule is CCC(C)CC(CC(=O)O)C[N+](=O)[O-]. The van der Waals surface area contributed by atoms with Crippen molar-refractivity contribution >= 4 is 5.97 Å². The van der Waals surface area contributed by atoms with E-state index in [0.29, 0.717) is 12.3 Å². The highest BCUT2D eigenvalue weighted by atomic mass is 16.6. The molecule has 0 aromatic rings. The summed E-state index contributed by atoms with van der Waals surface area (Å²) < 4.78 is 0. The quantitative estimate of drug-likeness (QED) is 0.505. The second-order valence-corrected chi connectivity index (χ2v) is 3.73. The van der Waals surface area contributed by atoms with Gasteiger partial charge >= 0.3 is 5.97 Å². The molecule has 2 unspecified atom stereocenters. The van der Waals surface area contributed by atoms with Crippen LogP contribution in [-0.4, -0.2) is 22.5 Å². The number of hydrogen-bond donors (Lipinski definition) is 1. The van der Waals surface area contributed by atoms with Gasteiger partial charge in [-0.3, -0.25) is 14.9 Å². The van der Waals surface area contributed by atoms with Gasteiger partial charge in [0.15, 0.2) is 0 Å². The molecule has 0 bridgehead atoms. The van der Waals surface area contributed by atoms with E-state index in [1.54, 1.807) is 0 Å². The number of carbonyl (C=O) groups is 1. The van der Waals surface area contributed by atoms with Crippen LogP contribution >= 0.6 is 0 Å². The van der Waals surface area contributed by atoms with E-state index in [2.05, 4.69) is 0 Å². The van der Waals surface area contributed by atoms with Crippen molar-refractivity contribution in [3.63, 3.8) is 0 Å². The summed E-state index contributed by atoms with van der Waals surface area (Å²) >= 11 is 0. The van der Waals surface area contributed by atoms with Gasteiger partial charge in [-0.2, -0.15) is 0 Å². The predicted molar refractivity (Wildman–Crippen MR) is 51.7 cm³/mol. The third kappa shape index (κ3) is 6.39. The van der Waals surface area contributed by atoms with Gasteiger partial charge in [-0.1, -0.05) is 20.3 Å². The second-order valence-electron chi connectivity index (χ2n) is 3.73. The second kappa shape index (κ2) is 6.34. The van der Waals surface area contributed by atoms with Crippen LogP contribution in [-0.2, 0) is 4.79 Å². The number of nitro groups is 1. The van der Waals surface area contributed by atoms with Gasteiger partial charge in [0.2, 0.25) is 6.54 Å². The van der Waals surface area contributed by atoms with E-state index < -0.39 is 10.9 Å². The highest BCUT2D eigenvalue weighted by molar-refractivity contribution is 5.67.